The summed E-state index contributed by atoms with van der Waals surface area (Å²) in [7, 11) is 0. The van der Waals surface area contributed by atoms with Crippen molar-refractivity contribution in [3.63, 3.8) is 0 Å². The quantitative estimate of drug-likeness (QED) is 0.687. The first-order valence-corrected chi connectivity index (χ1v) is 5.82. The van der Waals surface area contributed by atoms with E-state index in [1.165, 1.54) is 15.6 Å². The fraction of sp³-hybridized carbons (Fsp3) is 0.200. The molecule has 0 amide bonds. The maximum absolute atomic E-state index is 6.10. The number of benzene rings is 1. The van der Waals surface area contributed by atoms with E-state index in [9.17, 15) is 0 Å². The predicted octanol–water partition coefficient (Wildman–Crippen LogP) is 4.41. The van der Waals surface area contributed by atoms with Gasteiger partial charge < -0.3 is 0 Å². The number of hydrogen-bond donors (Lipinski definition) is 1. The minimum atomic E-state index is 0.851. The molecular formula is C10H9ClS2. The van der Waals surface area contributed by atoms with Crippen LogP contribution in [0.4, 0.5) is 0 Å². The normalized spacial score (nSPS) is 11.0. The van der Waals surface area contributed by atoms with Gasteiger partial charge in [0.15, 0.2) is 0 Å². The molecule has 13 heavy (non-hydrogen) atoms. The largest absolute Gasteiger partial charge is 0.143 e. The first kappa shape index (κ1) is 9.38. The Labute approximate surface area is 91.9 Å². The number of hydrogen-bond acceptors (Lipinski definition) is 2. The van der Waals surface area contributed by atoms with E-state index in [4.69, 9.17) is 11.6 Å². The molecule has 0 fully saturated rings. The molecule has 2 aromatic rings. The van der Waals surface area contributed by atoms with Crippen LogP contribution in [0.2, 0.25) is 5.02 Å². The van der Waals surface area contributed by atoms with Gasteiger partial charge in [-0.3, -0.25) is 0 Å². The molecule has 0 aliphatic carbocycles. The summed E-state index contributed by atoms with van der Waals surface area (Å²) in [4.78, 5) is 1.04. The molecule has 0 aliphatic rings. The Bertz CT molecular complexity index is 445. The molecule has 2 rings (SSSR count). The third-order valence-corrected chi connectivity index (χ3v) is 3.95. The standard InChI is InChI=1S/C10H9ClS2/c1-2-6-7(11)3-4-9-10(6)8(12)5-13-9/h3-5,12H,2H2,1H3. The van der Waals surface area contributed by atoms with Gasteiger partial charge in [0.2, 0.25) is 0 Å². The lowest BCUT2D eigenvalue weighted by atomic mass is 10.1. The summed E-state index contributed by atoms with van der Waals surface area (Å²) >= 11 is 12.2. The number of aryl methyl sites for hydroxylation is 1. The van der Waals surface area contributed by atoms with Gasteiger partial charge in [-0.25, -0.2) is 0 Å². The van der Waals surface area contributed by atoms with Crippen LogP contribution in [-0.4, -0.2) is 0 Å². The summed E-state index contributed by atoms with van der Waals surface area (Å²) in [6, 6.07) is 4.02. The van der Waals surface area contributed by atoms with E-state index in [0.29, 0.717) is 0 Å². The molecule has 1 aromatic heterocycles. The molecule has 1 heterocycles. The van der Waals surface area contributed by atoms with Crippen LogP contribution >= 0.6 is 35.6 Å². The summed E-state index contributed by atoms with van der Waals surface area (Å²) in [5, 5.41) is 4.13. The van der Waals surface area contributed by atoms with Crippen molar-refractivity contribution in [2.45, 2.75) is 18.2 Å². The first-order chi connectivity index (χ1) is 6.24. The van der Waals surface area contributed by atoms with Crippen molar-refractivity contribution < 1.29 is 0 Å². The summed E-state index contributed by atoms with van der Waals surface area (Å²) in [5.41, 5.74) is 1.21. The van der Waals surface area contributed by atoms with Crippen LogP contribution in [0.3, 0.4) is 0 Å². The number of thiol groups is 1. The third kappa shape index (κ3) is 1.47. The number of rotatable bonds is 1. The van der Waals surface area contributed by atoms with Crippen LogP contribution in [-0.2, 0) is 6.42 Å². The van der Waals surface area contributed by atoms with Gasteiger partial charge in [0.05, 0.1) is 0 Å². The zero-order valence-corrected chi connectivity index (χ0v) is 9.64. The summed E-state index contributed by atoms with van der Waals surface area (Å²) in [5.74, 6) is 0. The van der Waals surface area contributed by atoms with Gasteiger partial charge in [0.1, 0.15) is 0 Å². The monoisotopic (exact) mass is 228 g/mol. The van der Waals surface area contributed by atoms with Crippen LogP contribution in [0.1, 0.15) is 12.5 Å². The average Bonchev–Trinajstić information content (AvgIpc) is 2.49. The van der Waals surface area contributed by atoms with Gasteiger partial charge in [-0.15, -0.1) is 24.0 Å². The van der Waals surface area contributed by atoms with Crippen LogP contribution in [0, 0.1) is 0 Å². The second-order valence-electron chi connectivity index (χ2n) is 2.87. The van der Waals surface area contributed by atoms with Gasteiger partial charge in [-0.1, -0.05) is 18.5 Å². The minimum Gasteiger partial charge on any atom is -0.143 e. The lowest BCUT2D eigenvalue weighted by Gasteiger charge is -2.03. The molecule has 0 nitrogen and oxygen atoms in total. The van der Waals surface area contributed by atoms with Crippen LogP contribution in [0.25, 0.3) is 10.1 Å². The molecule has 0 N–H and O–H groups in total. The lowest BCUT2D eigenvalue weighted by molar-refractivity contribution is 1.16. The molecule has 0 bridgehead atoms. The minimum absolute atomic E-state index is 0.851. The zero-order valence-electron chi connectivity index (χ0n) is 7.17. The molecule has 68 valence electrons. The Hall–Kier alpha value is -0.180. The molecule has 0 atom stereocenters. The number of thiophene rings is 1. The highest BCUT2D eigenvalue weighted by Gasteiger charge is 2.08. The van der Waals surface area contributed by atoms with E-state index < -0.39 is 0 Å². The van der Waals surface area contributed by atoms with E-state index in [1.54, 1.807) is 11.3 Å². The average molecular weight is 229 g/mol. The van der Waals surface area contributed by atoms with Crippen molar-refractivity contribution in [1.82, 2.24) is 0 Å². The molecular weight excluding hydrogens is 220 g/mol. The van der Waals surface area contributed by atoms with Gasteiger partial charge in [-0.05, 0) is 24.1 Å². The van der Waals surface area contributed by atoms with E-state index in [0.717, 1.165) is 16.3 Å². The Morgan fingerprint density at radius 1 is 1.46 bits per heavy atom. The Balaban J connectivity index is 2.88. The molecule has 0 spiro atoms. The fourth-order valence-electron chi connectivity index (χ4n) is 1.50. The SMILES string of the molecule is CCc1c(Cl)ccc2scc(S)c12. The molecule has 0 aliphatic heterocycles. The highest BCUT2D eigenvalue weighted by molar-refractivity contribution is 7.80. The maximum atomic E-state index is 6.10. The highest BCUT2D eigenvalue weighted by atomic mass is 35.5. The number of fused-ring (bicyclic) bond motifs is 1. The molecule has 3 heteroatoms. The Morgan fingerprint density at radius 3 is 2.92 bits per heavy atom. The maximum Gasteiger partial charge on any atom is 0.0445 e. The second-order valence-corrected chi connectivity index (χ2v) is 4.67. The van der Waals surface area contributed by atoms with Crippen LogP contribution < -0.4 is 0 Å². The van der Waals surface area contributed by atoms with Crippen molar-refractivity contribution in [3.8, 4) is 0 Å². The van der Waals surface area contributed by atoms with Crippen molar-refractivity contribution in [2.24, 2.45) is 0 Å². The van der Waals surface area contributed by atoms with E-state index in [-0.39, 0.29) is 0 Å². The Morgan fingerprint density at radius 2 is 2.23 bits per heavy atom. The fourth-order valence-corrected chi connectivity index (χ4v) is 3.14. The van der Waals surface area contributed by atoms with Crippen molar-refractivity contribution >= 4 is 45.7 Å². The summed E-state index contributed by atoms with van der Waals surface area (Å²) < 4.78 is 1.27. The second kappa shape index (κ2) is 3.52. The van der Waals surface area contributed by atoms with Gasteiger partial charge in [0.25, 0.3) is 0 Å². The van der Waals surface area contributed by atoms with Crippen LogP contribution in [0.5, 0.6) is 0 Å². The van der Waals surface area contributed by atoms with Gasteiger partial charge in [-0.2, -0.15) is 0 Å². The third-order valence-electron chi connectivity index (χ3n) is 2.12. The molecule has 0 saturated carbocycles. The number of halogens is 1. The first-order valence-electron chi connectivity index (χ1n) is 4.11. The smallest absolute Gasteiger partial charge is 0.0445 e. The van der Waals surface area contributed by atoms with Gasteiger partial charge >= 0.3 is 0 Å². The predicted molar refractivity (Wildman–Crippen MR) is 63.5 cm³/mol. The van der Waals surface area contributed by atoms with Crippen LogP contribution in [0.15, 0.2) is 22.4 Å². The molecule has 0 radical (unpaired) electrons. The molecule has 0 unspecified atom stereocenters. The zero-order chi connectivity index (χ0) is 9.42. The van der Waals surface area contributed by atoms with E-state index >= 15 is 0 Å². The van der Waals surface area contributed by atoms with Crippen molar-refractivity contribution in [1.29, 1.82) is 0 Å². The molecule has 1 aromatic carbocycles. The topological polar surface area (TPSA) is 0 Å². The van der Waals surface area contributed by atoms with Gasteiger partial charge in [0, 0.05) is 25.4 Å². The Kier molecular flexibility index (Phi) is 2.54. The van der Waals surface area contributed by atoms with Crippen molar-refractivity contribution in [3.05, 3.63) is 28.1 Å². The van der Waals surface area contributed by atoms with Crippen molar-refractivity contribution in [2.75, 3.05) is 0 Å². The lowest BCUT2D eigenvalue weighted by Crippen LogP contribution is -1.83. The van der Waals surface area contributed by atoms with E-state index in [2.05, 4.69) is 31.0 Å². The van der Waals surface area contributed by atoms with E-state index in [1.807, 2.05) is 6.07 Å². The summed E-state index contributed by atoms with van der Waals surface area (Å²) in [6.07, 6.45) is 0.959. The molecule has 0 saturated heterocycles. The highest BCUT2D eigenvalue weighted by Crippen LogP contribution is 2.35. The summed E-state index contributed by atoms with van der Waals surface area (Å²) in [6.45, 7) is 2.12.